The van der Waals surface area contributed by atoms with E-state index < -0.39 is 0 Å². The van der Waals surface area contributed by atoms with E-state index in [0.29, 0.717) is 37.9 Å². The van der Waals surface area contributed by atoms with Gasteiger partial charge < -0.3 is 19.5 Å². The first-order chi connectivity index (χ1) is 14.2. The van der Waals surface area contributed by atoms with Gasteiger partial charge in [0.25, 0.3) is 0 Å². The smallest absolute Gasteiger partial charge is 0.234 e. The average molecular weight is 417 g/mol. The Balaban J connectivity index is 1.26. The molecular formula is C22H25ClN2O4. The van der Waals surface area contributed by atoms with Crippen LogP contribution in [0.4, 0.5) is 0 Å². The summed E-state index contributed by atoms with van der Waals surface area (Å²) in [6.45, 7) is 3.33. The number of carbonyl (C=O) groups is 1. The van der Waals surface area contributed by atoms with Gasteiger partial charge in [-0.3, -0.25) is 9.69 Å². The van der Waals surface area contributed by atoms with Gasteiger partial charge in [0.2, 0.25) is 5.91 Å². The lowest BCUT2D eigenvalue weighted by molar-refractivity contribution is -0.122. The van der Waals surface area contributed by atoms with Gasteiger partial charge in [0.15, 0.2) is 11.5 Å². The molecule has 4 rings (SSSR count). The second-order valence-electron chi connectivity index (χ2n) is 7.18. The minimum Gasteiger partial charge on any atom is -0.492 e. The van der Waals surface area contributed by atoms with Gasteiger partial charge in [-0.25, -0.2) is 0 Å². The molecule has 0 spiro atoms. The summed E-state index contributed by atoms with van der Waals surface area (Å²) in [5.41, 5.74) is 1.17. The molecule has 154 valence electrons. The van der Waals surface area contributed by atoms with Crippen LogP contribution in [-0.2, 0) is 4.79 Å². The highest BCUT2D eigenvalue weighted by molar-refractivity contribution is 6.30. The van der Waals surface area contributed by atoms with Gasteiger partial charge in [-0.15, -0.1) is 0 Å². The van der Waals surface area contributed by atoms with Crippen LogP contribution in [0.2, 0.25) is 5.02 Å². The number of halogens is 1. The van der Waals surface area contributed by atoms with Crippen molar-refractivity contribution in [1.29, 1.82) is 0 Å². The Bertz CT molecular complexity index is 843. The molecule has 0 saturated carbocycles. The van der Waals surface area contributed by atoms with Crippen LogP contribution >= 0.6 is 11.6 Å². The number of rotatable bonds is 7. The Morgan fingerprint density at radius 2 is 1.93 bits per heavy atom. The van der Waals surface area contributed by atoms with Crippen LogP contribution in [0.25, 0.3) is 0 Å². The van der Waals surface area contributed by atoms with Crippen molar-refractivity contribution in [1.82, 2.24) is 10.2 Å². The van der Waals surface area contributed by atoms with Crippen LogP contribution < -0.4 is 19.5 Å². The highest BCUT2D eigenvalue weighted by Crippen LogP contribution is 2.37. The zero-order valence-corrected chi connectivity index (χ0v) is 17.0. The van der Waals surface area contributed by atoms with E-state index in [1.54, 1.807) is 12.1 Å². The second kappa shape index (κ2) is 9.37. The zero-order chi connectivity index (χ0) is 20.1. The van der Waals surface area contributed by atoms with E-state index in [9.17, 15) is 4.79 Å². The molecule has 6 nitrogen and oxygen atoms in total. The lowest BCUT2D eigenvalue weighted by atomic mass is 10.0. The fourth-order valence-corrected chi connectivity index (χ4v) is 3.92. The first-order valence-electron chi connectivity index (χ1n) is 9.98. The number of fused-ring (bicyclic) bond motifs is 1. The predicted molar refractivity (Wildman–Crippen MR) is 111 cm³/mol. The van der Waals surface area contributed by atoms with Crippen LogP contribution in [0.3, 0.4) is 0 Å². The van der Waals surface area contributed by atoms with Gasteiger partial charge in [-0.05, 0) is 61.3 Å². The predicted octanol–water partition coefficient (Wildman–Crippen LogP) is 3.44. The van der Waals surface area contributed by atoms with Crippen molar-refractivity contribution in [2.75, 3.05) is 39.5 Å². The topological polar surface area (TPSA) is 60.0 Å². The number of carbonyl (C=O) groups excluding carboxylic acids is 1. The molecule has 2 aromatic carbocycles. The number of hydrogen-bond acceptors (Lipinski definition) is 5. The number of likely N-dealkylation sites (tertiary alicyclic amines) is 1. The summed E-state index contributed by atoms with van der Waals surface area (Å²) in [5, 5.41) is 3.61. The minimum atomic E-state index is 0.00847. The number of ether oxygens (including phenoxy) is 3. The Kier molecular flexibility index (Phi) is 6.42. The highest BCUT2D eigenvalue weighted by atomic mass is 35.5. The van der Waals surface area contributed by atoms with Crippen molar-refractivity contribution in [3.05, 3.63) is 53.1 Å². The van der Waals surface area contributed by atoms with Gasteiger partial charge in [0.1, 0.15) is 25.6 Å². The van der Waals surface area contributed by atoms with Crippen LogP contribution in [0.15, 0.2) is 42.5 Å². The normalized spacial score (nSPS) is 18.4. The van der Waals surface area contributed by atoms with Crippen molar-refractivity contribution < 1.29 is 19.0 Å². The molecule has 0 aromatic heterocycles. The summed E-state index contributed by atoms with van der Waals surface area (Å²) in [6, 6.07) is 13.5. The van der Waals surface area contributed by atoms with Crippen molar-refractivity contribution in [3.63, 3.8) is 0 Å². The lowest BCUT2D eigenvalue weighted by Gasteiger charge is -2.26. The summed E-state index contributed by atoms with van der Waals surface area (Å²) in [7, 11) is 0. The largest absolute Gasteiger partial charge is 0.492 e. The van der Waals surface area contributed by atoms with Gasteiger partial charge in [0.05, 0.1) is 13.1 Å². The Morgan fingerprint density at radius 1 is 1.14 bits per heavy atom. The van der Waals surface area contributed by atoms with E-state index in [0.717, 1.165) is 36.6 Å². The second-order valence-corrected chi connectivity index (χ2v) is 7.62. The van der Waals surface area contributed by atoms with Gasteiger partial charge >= 0.3 is 0 Å². The lowest BCUT2D eigenvalue weighted by Crippen LogP contribution is -2.38. The van der Waals surface area contributed by atoms with Crippen molar-refractivity contribution in [3.8, 4) is 17.2 Å². The molecule has 2 aromatic rings. The standard InChI is InChI=1S/C22H25ClN2O4/c23-17-4-6-18(7-5-17)27-11-9-24-22(26)15-25-10-1-2-19(25)16-3-8-20-21(14-16)29-13-12-28-20/h3-8,14,19H,1-2,9-13,15H2,(H,24,26). The van der Waals surface area contributed by atoms with Crippen LogP contribution in [0.1, 0.15) is 24.4 Å². The minimum absolute atomic E-state index is 0.00847. The molecule has 1 unspecified atom stereocenters. The number of amides is 1. The third kappa shape index (κ3) is 5.14. The molecule has 1 amide bonds. The first kappa shape index (κ1) is 19.9. The van der Waals surface area contributed by atoms with Crippen molar-refractivity contribution in [2.45, 2.75) is 18.9 Å². The van der Waals surface area contributed by atoms with E-state index in [2.05, 4.69) is 22.3 Å². The summed E-state index contributed by atoms with van der Waals surface area (Å²) < 4.78 is 16.9. The van der Waals surface area contributed by atoms with Crippen molar-refractivity contribution >= 4 is 17.5 Å². The van der Waals surface area contributed by atoms with E-state index in [4.69, 9.17) is 25.8 Å². The molecule has 1 saturated heterocycles. The zero-order valence-electron chi connectivity index (χ0n) is 16.2. The number of nitrogens with one attached hydrogen (secondary N) is 1. The molecule has 2 aliphatic rings. The van der Waals surface area contributed by atoms with Gasteiger partial charge in [0, 0.05) is 11.1 Å². The molecule has 0 radical (unpaired) electrons. The van der Waals surface area contributed by atoms with E-state index in [-0.39, 0.29) is 11.9 Å². The highest BCUT2D eigenvalue weighted by Gasteiger charge is 2.28. The first-order valence-corrected chi connectivity index (χ1v) is 10.4. The molecule has 1 fully saturated rings. The molecule has 29 heavy (non-hydrogen) atoms. The molecule has 1 N–H and O–H groups in total. The van der Waals surface area contributed by atoms with Crippen LogP contribution in [0, 0.1) is 0 Å². The number of hydrogen-bond donors (Lipinski definition) is 1. The molecular weight excluding hydrogens is 392 g/mol. The average Bonchev–Trinajstić information content (AvgIpc) is 3.20. The monoisotopic (exact) mass is 416 g/mol. The fraction of sp³-hybridized carbons (Fsp3) is 0.409. The van der Waals surface area contributed by atoms with E-state index in [1.165, 1.54) is 5.56 Å². The summed E-state index contributed by atoms with van der Waals surface area (Å²) >= 11 is 5.86. The summed E-state index contributed by atoms with van der Waals surface area (Å²) in [6.07, 6.45) is 2.11. The SMILES string of the molecule is O=C(CN1CCCC1c1ccc2c(c1)OCCO2)NCCOc1ccc(Cl)cc1. The number of nitrogens with zero attached hydrogens (tertiary/aromatic N) is 1. The summed E-state index contributed by atoms with van der Waals surface area (Å²) in [4.78, 5) is 14.6. The fourth-order valence-electron chi connectivity index (χ4n) is 3.79. The molecule has 0 bridgehead atoms. The van der Waals surface area contributed by atoms with Crippen LogP contribution in [0.5, 0.6) is 17.2 Å². The molecule has 0 aliphatic carbocycles. The van der Waals surface area contributed by atoms with Crippen molar-refractivity contribution in [2.24, 2.45) is 0 Å². The van der Waals surface area contributed by atoms with E-state index in [1.807, 2.05) is 18.2 Å². The Hall–Kier alpha value is -2.44. The van der Waals surface area contributed by atoms with Gasteiger partial charge in [-0.2, -0.15) is 0 Å². The third-order valence-corrected chi connectivity index (χ3v) is 5.42. The van der Waals surface area contributed by atoms with Crippen LogP contribution in [-0.4, -0.2) is 50.3 Å². The number of benzene rings is 2. The molecule has 2 aliphatic heterocycles. The third-order valence-electron chi connectivity index (χ3n) is 5.17. The Labute approximate surface area is 175 Å². The maximum absolute atomic E-state index is 12.4. The molecule has 7 heteroatoms. The molecule has 1 atom stereocenters. The summed E-state index contributed by atoms with van der Waals surface area (Å²) in [5.74, 6) is 2.34. The maximum Gasteiger partial charge on any atom is 0.234 e. The maximum atomic E-state index is 12.4. The Morgan fingerprint density at radius 3 is 2.76 bits per heavy atom. The quantitative estimate of drug-likeness (QED) is 0.700. The molecule has 2 heterocycles. The van der Waals surface area contributed by atoms with E-state index >= 15 is 0 Å². The van der Waals surface area contributed by atoms with Gasteiger partial charge in [-0.1, -0.05) is 17.7 Å².